The molecule has 1 N–H and O–H groups in total. The number of rotatable bonds is 5. The number of piperidine rings is 1. The highest BCUT2D eigenvalue weighted by atomic mass is 16.2. The SMILES string of the molecule is CC(=O)CCC(=O)N1CCCC(NC(C)C)C1. The highest BCUT2D eigenvalue weighted by Gasteiger charge is 2.23. The summed E-state index contributed by atoms with van der Waals surface area (Å²) in [5.41, 5.74) is 0. The molecular weight excluding hydrogens is 216 g/mol. The van der Waals surface area contributed by atoms with Crippen LogP contribution in [-0.4, -0.2) is 41.8 Å². The molecule has 1 atom stereocenters. The second kappa shape index (κ2) is 6.74. The second-order valence-corrected chi connectivity index (χ2v) is 5.20. The molecule has 4 heteroatoms. The van der Waals surface area contributed by atoms with Crippen LogP contribution in [-0.2, 0) is 9.59 Å². The molecule has 1 heterocycles. The Labute approximate surface area is 104 Å². The third-order valence-electron chi connectivity index (χ3n) is 3.03. The van der Waals surface area contributed by atoms with Gasteiger partial charge in [-0.3, -0.25) is 4.79 Å². The van der Waals surface area contributed by atoms with E-state index in [4.69, 9.17) is 0 Å². The maximum absolute atomic E-state index is 11.9. The van der Waals surface area contributed by atoms with E-state index in [1.807, 2.05) is 4.90 Å². The zero-order valence-electron chi connectivity index (χ0n) is 11.2. The molecule has 0 spiro atoms. The number of carbonyl (C=O) groups is 2. The van der Waals surface area contributed by atoms with Crippen LogP contribution >= 0.6 is 0 Å². The van der Waals surface area contributed by atoms with Crippen molar-refractivity contribution in [3.63, 3.8) is 0 Å². The molecule has 4 nitrogen and oxygen atoms in total. The fraction of sp³-hybridized carbons (Fsp3) is 0.846. The summed E-state index contributed by atoms with van der Waals surface area (Å²) in [6, 6.07) is 0.859. The van der Waals surface area contributed by atoms with Crippen molar-refractivity contribution in [3.05, 3.63) is 0 Å². The molecule has 1 amide bonds. The number of carbonyl (C=O) groups excluding carboxylic acids is 2. The number of likely N-dealkylation sites (tertiary alicyclic amines) is 1. The van der Waals surface area contributed by atoms with Crippen LogP contribution in [0.3, 0.4) is 0 Å². The van der Waals surface area contributed by atoms with E-state index >= 15 is 0 Å². The van der Waals surface area contributed by atoms with Gasteiger partial charge >= 0.3 is 0 Å². The molecule has 1 saturated heterocycles. The van der Waals surface area contributed by atoms with Gasteiger partial charge in [-0.05, 0) is 19.8 Å². The van der Waals surface area contributed by atoms with E-state index in [0.717, 1.165) is 25.9 Å². The number of Topliss-reactive ketones (excluding diaryl/α,β-unsaturated/α-hetero) is 1. The average Bonchev–Trinajstić information content (AvgIpc) is 2.25. The van der Waals surface area contributed by atoms with Crippen LogP contribution in [0, 0.1) is 0 Å². The maximum Gasteiger partial charge on any atom is 0.223 e. The van der Waals surface area contributed by atoms with Gasteiger partial charge in [-0.25, -0.2) is 0 Å². The highest BCUT2D eigenvalue weighted by Crippen LogP contribution is 2.12. The van der Waals surface area contributed by atoms with Gasteiger partial charge in [0.25, 0.3) is 0 Å². The van der Waals surface area contributed by atoms with Crippen LogP contribution < -0.4 is 5.32 Å². The Kier molecular flexibility index (Phi) is 5.62. The molecule has 1 fully saturated rings. The van der Waals surface area contributed by atoms with Gasteiger partial charge in [-0.1, -0.05) is 13.8 Å². The molecule has 0 aromatic heterocycles. The van der Waals surface area contributed by atoms with Gasteiger partial charge in [0.2, 0.25) is 5.91 Å². The molecule has 0 aromatic rings. The first-order valence-electron chi connectivity index (χ1n) is 6.52. The van der Waals surface area contributed by atoms with Gasteiger partial charge in [-0.2, -0.15) is 0 Å². The fourth-order valence-corrected chi connectivity index (χ4v) is 2.25. The molecule has 17 heavy (non-hydrogen) atoms. The monoisotopic (exact) mass is 240 g/mol. The van der Waals surface area contributed by atoms with Crippen molar-refractivity contribution < 1.29 is 9.59 Å². The highest BCUT2D eigenvalue weighted by molar-refractivity contribution is 5.83. The van der Waals surface area contributed by atoms with E-state index in [1.165, 1.54) is 6.92 Å². The van der Waals surface area contributed by atoms with Crippen LogP contribution in [0.5, 0.6) is 0 Å². The first kappa shape index (κ1) is 14.2. The Morgan fingerprint density at radius 1 is 1.35 bits per heavy atom. The van der Waals surface area contributed by atoms with E-state index in [-0.39, 0.29) is 11.7 Å². The number of ketones is 1. The predicted molar refractivity (Wildman–Crippen MR) is 67.8 cm³/mol. The molecule has 98 valence electrons. The first-order chi connectivity index (χ1) is 7.99. The lowest BCUT2D eigenvalue weighted by Gasteiger charge is -2.34. The minimum Gasteiger partial charge on any atom is -0.341 e. The lowest BCUT2D eigenvalue weighted by Crippen LogP contribution is -2.49. The summed E-state index contributed by atoms with van der Waals surface area (Å²) in [6.45, 7) is 7.40. The number of nitrogens with one attached hydrogen (secondary N) is 1. The van der Waals surface area contributed by atoms with Crippen molar-refractivity contribution in [2.75, 3.05) is 13.1 Å². The summed E-state index contributed by atoms with van der Waals surface area (Å²) >= 11 is 0. The van der Waals surface area contributed by atoms with Gasteiger partial charge in [-0.15, -0.1) is 0 Å². The lowest BCUT2D eigenvalue weighted by molar-refractivity contribution is -0.134. The fourth-order valence-electron chi connectivity index (χ4n) is 2.25. The number of nitrogens with zero attached hydrogens (tertiary/aromatic N) is 1. The average molecular weight is 240 g/mol. The van der Waals surface area contributed by atoms with Crippen molar-refractivity contribution in [1.82, 2.24) is 10.2 Å². The van der Waals surface area contributed by atoms with Crippen LogP contribution in [0.1, 0.15) is 46.5 Å². The first-order valence-corrected chi connectivity index (χ1v) is 6.52. The smallest absolute Gasteiger partial charge is 0.223 e. The molecule has 0 aliphatic carbocycles. The van der Waals surface area contributed by atoms with Gasteiger partial charge in [0.1, 0.15) is 5.78 Å². The summed E-state index contributed by atoms with van der Waals surface area (Å²) in [6.07, 6.45) is 2.92. The third-order valence-corrected chi connectivity index (χ3v) is 3.03. The molecule has 1 unspecified atom stereocenters. The summed E-state index contributed by atoms with van der Waals surface area (Å²) in [5.74, 6) is 0.211. The second-order valence-electron chi connectivity index (χ2n) is 5.20. The van der Waals surface area contributed by atoms with E-state index in [0.29, 0.717) is 24.9 Å². The van der Waals surface area contributed by atoms with E-state index in [2.05, 4.69) is 19.2 Å². The minimum absolute atomic E-state index is 0.0900. The zero-order chi connectivity index (χ0) is 12.8. The van der Waals surface area contributed by atoms with E-state index in [9.17, 15) is 9.59 Å². The molecular formula is C13H24N2O2. The van der Waals surface area contributed by atoms with Crippen LogP contribution in [0.25, 0.3) is 0 Å². The molecule has 1 aliphatic heterocycles. The Morgan fingerprint density at radius 2 is 2.06 bits per heavy atom. The van der Waals surface area contributed by atoms with Crippen molar-refractivity contribution in [2.45, 2.75) is 58.5 Å². The normalized spacial score (nSPS) is 20.7. The molecule has 1 rings (SSSR count). The summed E-state index contributed by atoms with van der Waals surface area (Å²) in [7, 11) is 0. The van der Waals surface area contributed by atoms with Gasteiger partial charge in [0.05, 0.1) is 0 Å². The Morgan fingerprint density at radius 3 is 2.65 bits per heavy atom. The van der Waals surface area contributed by atoms with Crippen molar-refractivity contribution in [2.24, 2.45) is 0 Å². The Balaban J connectivity index is 2.37. The number of amides is 1. The van der Waals surface area contributed by atoms with E-state index in [1.54, 1.807) is 0 Å². The standard InChI is InChI=1S/C13H24N2O2/c1-10(2)14-12-5-4-8-15(9-12)13(17)7-6-11(3)16/h10,12,14H,4-9H2,1-3H3. The van der Waals surface area contributed by atoms with Crippen LogP contribution in [0.15, 0.2) is 0 Å². The van der Waals surface area contributed by atoms with Gasteiger partial charge in [0, 0.05) is 38.0 Å². The maximum atomic E-state index is 11.9. The summed E-state index contributed by atoms with van der Waals surface area (Å²) in [5, 5.41) is 3.47. The quantitative estimate of drug-likeness (QED) is 0.789. The van der Waals surface area contributed by atoms with Gasteiger partial charge in [0.15, 0.2) is 0 Å². The van der Waals surface area contributed by atoms with Crippen molar-refractivity contribution >= 4 is 11.7 Å². The van der Waals surface area contributed by atoms with Crippen molar-refractivity contribution in [1.29, 1.82) is 0 Å². The molecule has 0 bridgehead atoms. The predicted octanol–water partition coefficient (Wildman–Crippen LogP) is 1.34. The topological polar surface area (TPSA) is 49.4 Å². The number of hydrogen-bond acceptors (Lipinski definition) is 3. The van der Waals surface area contributed by atoms with E-state index < -0.39 is 0 Å². The summed E-state index contributed by atoms with van der Waals surface area (Å²) in [4.78, 5) is 24.6. The molecule has 1 aliphatic rings. The molecule has 0 radical (unpaired) electrons. The third kappa shape index (κ3) is 5.31. The molecule has 0 saturated carbocycles. The lowest BCUT2D eigenvalue weighted by atomic mass is 10.0. The zero-order valence-corrected chi connectivity index (χ0v) is 11.2. The number of hydrogen-bond donors (Lipinski definition) is 1. The Bertz CT molecular complexity index is 277. The molecule has 0 aromatic carbocycles. The van der Waals surface area contributed by atoms with Crippen LogP contribution in [0.4, 0.5) is 0 Å². The summed E-state index contributed by atoms with van der Waals surface area (Å²) < 4.78 is 0. The largest absolute Gasteiger partial charge is 0.341 e. The minimum atomic E-state index is 0.0900. The van der Waals surface area contributed by atoms with Crippen molar-refractivity contribution in [3.8, 4) is 0 Å². The Hall–Kier alpha value is -0.900. The van der Waals surface area contributed by atoms with Gasteiger partial charge < -0.3 is 15.0 Å². The van der Waals surface area contributed by atoms with Crippen LogP contribution in [0.2, 0.25) is 0 Å².